The standard InChI is InChI=1S/C31H26F6N4O2/c32-30(33,34)21-11-18(12-22(14-21)31(35,36)37)15-40-29(43)27(13-20-17-39-26-8-4-2-6-24(20)26)41-28(42)10-9-19-16-38-25-7-3-1-5-23(19)25/h1-8,11-12,14,16-17,27,38-39H,9-10,13,15H2,(H,40,43)(H,41,42). The lowest BCUT2D eigenvalue weighted by molar-refractivity contribution is -0.143. The van der Waals surface area contributed by atoms with E-state index in [0.29, 0.717) is 24.1 Å². The topological polar surface area (TPSA) is 89.8 Å². The largest absolute Gasteiger partial charge is 0.416 e. The zero-order valence-corrected chi connectivity index (χ0v) is 22.5. The second kappa shape index (κ2) is 11.9. The number of halogens is 6. The number of hydrogen-bond donors (Lipinski definition) is 4. The number of aromatic amines is 2. The molecule has 5 aromatic rings. The van der Waals surface area contributed by atoms with Crippen molar-refractivity contribution in [2.75, 3.05) is 0 Å². The van der Waals surface area contributed by atoms with E-state index in [-0.39, 0.29) is 24.5 Å². The van der Waals surface area contributed by atoms with Gasteiger partial charge in [0.1, 0.15) is 6.04 Å². The van der Waals surface area contributed by atoms with E-state index >= 15 is 0 Å². The van der Waals surface area contributed by atoms with Crippen LogP contribution < -0.4 is 10.6 Å². The Balaban J connectivity index is 1.34. The molecule has 4 N–H and O–H groups in total. The molecule has 224 valence electrons. The molecule has 3 aromatic carbocycles. The summed E-state index contributed by atoms with van der Waals surface area (Å²) in [5.74, 6) is -1.19. The summed E-state index contributed by atoms with van der Waals surface area (Å²) in [4.78, 5) is 32.5. The molecule has 0 bridgehead atoms. The summed E-state index contributed by atoms with van der Waals surface area (Å²) in [7, 11) is 0. The quantitative estimate of drug-likeness (QED) is 0.143. The number of carbonyl (C=O) groups is 2. The monoisotopic (exact) mass is 600 g/mol. The molecule has 6 nitrogen and oxygen atoms in total. The van der Waals surface area contributed by atoms with Gasteiger partial charge in [0.05, 0.1) is 11.1 Å². The van der Waals surface area contributed by atoms with Crippen LogP contribution >= 0.6 is 0 Å². The zero-order valence-electron chi connectivity index (χ0n) is 22.5. The van der Waals surface area contributed by atoms with Gasteiger partial charge in [-0.1, -0.05) is 36.4 Å². The van der Waals surface area contributed by atoms with Gasteiger partial charge < -0.3 is 20.6 Å². The van der Waals surface area contributed by atoms with Crippen LogP contribution in [0.25, 0.3) is 21.8 Å². The number of fused-ring (bicyclic) bond motifs is 2. The Hall–Kier alpha value is -4.74. The average molecular weight is 601 g/mol. The normalized spacial score (nSPS) is 12.9. The fourth-order valence-electron chi connectivity index (χ4n) is 5.02. The second-order valence-electron chi connectivity index (χ2n) is 10.2. The number of aromatic nitrogens is 2. The molecule has 1 unspecified atom stereocenters. The van der Waals surface area contributed by atoms with Crippen molar-refractivity contribution < 1.29 is 35.9 Å². The third-order valence-corrected chi connectivity index (χ3v) is 7.16. The number of aryl methyl sites for hydroxylation is 1. The van der Waals surface area contributed by atoms with Crippen LogP contribution in [0.2, 0.25) is 0 Å². The highest BCUT2D eigenvalue weighted by atomic mass is 19.4. The van der Waals surface area contributed by atoms with Crippen molar-refractivity contribution >= 4 is 33.6 Å². The number of nitrogens with one attached hydrogen (secondary N) is 4. The van der Waals surface area contributed by atoms with Gasteiger partial charge in [-0.3, -0.25) is 9.59 Å². The highest BCUT2D eigenvalue weighted by Crippen LogP contribution is 2.36. The van der Waals surface area contributed by atoms with Gasteiger partial charge in [0.25, 0.3) is 0 Å². The molecule has 2 heterocycles. The van der Waals surface area contributed by atoms with Crippen molar-refractivity contribution in [2.24, 2.45) is 0 Å². The number of amides is 2. The van der Waals surface area contributed by atoms with Crippen molar-refractivity contribution in [2.45, 2.75) is 44.2 Å². The van der Waals surface area contributed by atoms with E-state index in [4.69, 9.17) is 0 Å². The summed E-state index contributed by atoms with van der Waals surface area (Å²) in [6.45, 7) is -0.610. The Kier molecular flexibility index (Phi) is 8.21. The smallest absolute Gasteiger partial charge is 0.361 e. The molecule has 43 heavy (non-hydrogen) atoms. The highest BCUT2D eigenvalue weighted by Gasteiger charge is 2.37. The van der Waals surface area contributed by atoms with Gasteiger partial charge in [0.2, 0.25) is 11.8 Å². The molecule has 0 saturated carbocycles. The summed E-state index contributed by atoms with van der Waals surface area (Å²) in [5, 5.41) is 6.88. The fraction of sp³-hybridized carbons (Fsp3) is 0.226. The van der Waals surface area contributed by atoms with Crippen molar-refractivity contribution in [1.82, 2.24) is 20.6 Å². The lowest BCUT2D eigenvalue weighted by atomic mass is 10.0. The molecular weight excluding hydrogens is 574 g/mol. The molecule has 2 aromatic heterocycles. The van der Waals surface area contributed by atoms with Crippen LogP contribution in [-0.4, -0.2) is 27.8 Å². The van der Waals surface area contributed by atoms with Crippen molar-refractivity contribution in [3.63, 3.8) is 0 Å². The first-order valence-corrected chi connectivity index (χ1v) is 13.3. The summed E-state index contributed by atoms with van der Waals surface area (Å²) < 4.78 is 79.8. The average Bonchev–Trinajstić information content (AvgIpc) is 3.57. The van der Waals surface area contributed by atoms with Crippen LogP contribution in [-0.2, 0) is 41.3 Å². The van der Waals surface area contributed by atoms with Gasteiger partial charge in [-0.25, -0.2) is 0 Å². The molecule has 0 saturated heterocycles. The van der Waals surface area contributed by atoms with Gasteiger partial charge in [0, 0.05) is 53.6 Å². The van der Waals surface area contributed by atoms with Gasteiger partial charge >= 0.3 is 12.4 Å². The van der Waals surface area contributed by atoms with E-state index in [0.717, 1.165) is 27.4 Å². The molecule has 0 aliphatic rings. The molecular formula is C31H26F6N4O2. The van der Waals surface area contributed by atoms with Gasteiger partial charge in [0.15, 0.2) is 0 Å². The maximum absolute atomic E-state index is 13.3. The molecule has 0 radical (unpaired) electrons. The van der Waals surface area contributed by atoms with E-state index in [1.54, 1.807) is 18.5 Å². The Bertz CT molecular complexity index is 1740. The zero-order chi connectivity index (χ0) is 30.8. The Labute approximate surface area is 241 Å². The predicted molar refractivity (Wildman–Crippen MR) is 149 cm³/mol. The number of alkyl halides is 6. The molecule has 1 atom stereocenters. The van der Waals surface area contributed by atoms with Crippen LogP contribution in [0.5, 0.6) is 0 Å². The minimum atomic E-state index is -5.02. The SMILES string of the molecule is O=C(CCc1c[nH]c2ccccc12)NC(Cc1c[nH]c2ccccc12)C(=O)NCc1cc(C(F)(F)F)cc(C(F)(F)F)c1. The third kappa shape index (κ3) is 7.02. The highest BCUT2D eigenvalue weighted by molar-refractivity contribution is 5.90. The van der Waals surface area contributed by atoms with Crippen LogP contribution in [0.15, 0.2) is 79.1 Å². The number of hydrogen-bond acceptors (Lipinski definition) is 2. The van der Waals surface area contributed by atoms with Crippen LogP contribution in [0.3, 0.4) is 0 Å². The predicted octanol–water partition coefficient (Wildman–Crippen LogP) is 6.66. The maximum Gasteiger partial charge on any atom is 0.416 e. The first kappa shape index (κ1) is 29.7. The molecule has 2 amide bonds. The minimum Gasteiger partial charge on any atom is -0.361 e. The van der Waals surface area contributed by atoms with Crippen molar-refractivity contribution in [3.8, 4) is 0 Å². The van der Waals surface area contributed by atoms with Crippen LogP contribution in [0, 0.1) is 0 Å². The van der Waals surface area contributed by atoms with Crippen LogP contribution in [0.1, 0.15) is 34.2 Å². The van der Waals surface area contributed by atoms with Gasteiger partial charge in [-0.15, -0.1) is 0 Å². The number of para-hydroxylation sites is 2. The molecule has 12 heteroatoms. The lowest BCUT2D eigenvalue weighted by Gasteiger charge is -2.19. The number of benzene rings is 3. The first-order chi connectivity index (χ1) is 20.4. The van der Waals surface area contributed by atoms with Crippen molar-refractivity contribution in [1.29, 1.82) is 0 Å². The molecule has 0 fully saturated rings. The maximum atomic E-state index is 13.3. The minimum absolute atomic E-state index is 0.0269. The molecule has 0 aliphatic heterocycles. The summed E-state index contributed by atoms with van der Waals surface area (Å²) in [6, 6.07) is 14.9. The third-order valence-electron chi connectivity index (χ3n) is 7.16. The summed E-state index contributed by atoms with van der Waals surface area (Å²) in [5.41, 5.74) is -0.0183. The Morgan fingerprint density at radius 1 is 0.744 bits per heavy atom. The van der Waals surface area contributed by atoms with E-state index in [9.17, 15) is 35.9 Å². The Morgan fingerprint density at radius 3 is 1.86 bits per heavy atom. The summed E-state index contributed by atoms with van der Waals surface area (Å²) >= 11 is 0. The van der Waals surface area contributed by atoms with Crippen molar-refractivity contribution in [3.05, 3.63) is 107 Å². The fourth-order valence-corrected chi connectivity index (χ4v) is 5.02. The van der Waals surface area contributed by atoms with E-state index in [1.165, 1.54) is 0 Å². The second-order valence-corrected chi connectivity index (χ2v) is 10.2. The van der Waals surface area contributed by atoms with E-state index in [1.807, 2.05) is 42.5 Å². The van der Waals surface area contributed by atoms with E-state index < -0.39 is 47.9 Å². The number of carbonyl (C=O) groups excluding carboxylic acids is 2. The number of rotatable bonds is 9. The molecule has 0 spiro atoms. The summed E-state index contributed by atoms with van der Waals surface area (Å²) in [6.07, 6.45) is -6.09. The number of H-pyrrole nitrogens is 2. The van der Waals surface area contributed by atoms with Gasteiger partial charge in [-0.2, -0.15) is 26.3 Å². The first-order valence-electron chi connectivity index (χ1n) is 13.3. The molecule has 0 aliphatic carbocycles. The lowest BCUT2D eigenvalue weighted by Crippen LogP contribution is -2.47. The molecule has 5 rings (SSSR count). The Morgan fingerprint density at radius 2 is 1.28 bits per heavy atom. The van der Waals surface area contributed by atoms with Gasteiger partial charge in [-0.05, 0) is 53.4 Å². The van der Waals surface area contributed by atoms with E-state index in [2.05, 4.69) is 20.6 Å². The van der Waals surface area contributed by atoms with Crippen LogP contribution in [0.4, 0.5) is 26.3 Å².